The highest BCUT2D eigenvalue weighted by atomic mass is 15.0. The average molecular weight is 1430 g/mol. The second-order valence-electron chi connectivity index (χ2n) is 28.1. The van der Waals surface area contributed by atoms with Crippen LogP contribution in [0.15, 0.2) is 425 Å². The normalized spacial score (nSPS) is 11.2. The van der Waals surface area contributed by atoms with Gasteiger partial charge in [-0.15, -0.1) is 0 Å². The molecule has 0 aliphatic rings. The quantitative estimate of drug-likeness (QED) is 0.108. The maximum atomic E-state index is 5.15. The van der Waals surface area contributed by atoms with Gasteiger partial charge in [0.2, 0.25) is 0 Å². The predicted octanol–water partition coefficient (Wildman–Crippen LogP) is 27.7. The molecule has 18 aromatic carbocycles. The van der Waals surface area contributed by atoms with Crippen molar-refractivity contribution in [3.05, 3.63) is 425 Å². The largest absolute Gasteiger partial charge is 0.208 e. The maximum absolute atomic E-state index is 5.15. The fourth-order valence-corrected chi connectivity index (χ4v) is 15.4. The summed E-state index contributed by atoms with van der Waals surface area (Å²) in [6.07, 6.45) is 0. The lowest BCUT2D eigenvalue weighted by Gasteiger charge is -2.14. The number of aromatic nitrogens is 6. The topological polar surface area (TPSA) is 77.3 Å². The summed E-state index contributed by atoms with van der Waals surface area (Å²) in [5, 5.41) is 9.89. The maximum Gasteiger partial charge on any atom is 0.164 e. The van der Waals surface area contributed by atoms with E-state index in [0.717, 1.165) is 77.9 Å². The summed E-state index contributed by atoms with van der Waals surface area (Å²) in [5.74, 6) is 3.80. The Labute approximate surface area is 650 Å². The summed E-state index contributed by atoms with van der Waals surface area (Å²) in [6, 6.07) is 150. The zero-order valence-electron chi connectivity index (χ0n) is 61.1. The summed E-state index contributed by atoms with van der Waals surface area (Å²) in [5.41, 5.74) is 24.0. The summed E-state index contributed by atoms with van der Waals surface area (Å²) in [6.45, 7) is 0. The molecule has 0 spiro atoms. The number of hydrogen-bond donors (Lipinski definition) is 0. The number of benzene rings is 18. The monoisotopic (exact) mass is 1430 g/mol. The standard InChI is InChI=1S/2C53H35N3/c1-3-17-38(18-4-1)51-54-52(39-19-5-2-6-20-39)56-53(55-51)46-34-44(40-23-11-25-42(31-40)49-29-13-21-36-15-7-9-27-47(36)49)33-45(35-46)41-24-12-26-43(32-41)50-30-14-22-37-16-8-10-28-48(37)50;1-3-15-42(16-4-1)51-54-52(43-17-5-2-6-18-43)56-53(55-51)46-34-44(36-25-29-40(30-26-36)49-23-11-19-38-13-7-9-21-47(38)49)33-45(35-46)37-27-31-41(32-28-37)50-24-12-20-39-14-8-10-22-48(39)50/h2*1-35H. The molecular weight excluding hydrogens is 1360 g/mol. The highest BCUT2D eigenvalue weighted by Crippen LogP contribution is 2.42. The molecule has 0 saturated carbocycles. The third-order valence-corrected chi connectivity index (χ3v) is 21.0. The first-order valence-electron chi connectivity index (χ1n) is 37.9. The molecular formula is C106H70N6. The second-order valence-corrected chi connectivity index (χ2v) is 28.1. The molecule has 2 aromatic heterocycles. The Balaban J connectivity index is 0.000000151. The lowest BCUT2D eigenvalue weighted by molar-refractivity contribution is 1.07. The second kappa shape index (κ2) is 30.3. The molecule has 6 heteroatoms. The highest BCUT2D eigenvalue weighted by Gasteiger charge is 2.20. The van der Waals surface area contributed by atoms with E-state index in [-0.39, 0.29) is 0 Å². The Kier molecular flexibility index (Phi) is 18.3. The Hall–Kier alpha value is -15.0. The van der Waals surface area contributed by atoms with E-state index >= 15 is 0 Å². The van der Waals surface area contributed by atoms with Crippen LogP contribution < -0.4 is 0 Å². The number of hydrogen-bond acceptors (Lipinski definition) is 6. The molecule has 0 N–H and O–H groups in total. The minimum atomic E-state index is 0.622. The van der Waals surface area contributed by atoms with Crippen LogP contribution in [0.5, 0.6) is 0 Å². The summed E-state index contributed by atoms with van der Waals surface area (Å²) < 4.78 is 0. The Morgan fingerprint density at radius 2 is 0.295 bits per heavy atom. The van der Waals surface area contributed by atoms with Crippen molar-refractivity contribution in [2.24, 2.45) is 0 Å². The van der Waals surface area contributed by atoms with Crippen molar-refractivity contribution >= 4 is 43.1 Å². The fraction of sp³-hybridized carbons (Fsp3) is 0. The van der Waals surface area contributed by atoms with Crippen LogP contribution in [0.4, 0.5) is 0 Å². The zero-order valence-corrected chi connectivity index (χ0v) is 61.1. The van der Waals surface area contributed by atoms with Crippen molar-refractivity contribution in [3.8, 4) is 157 Å². The van der Waals surface area contributed by atoms with E-state index in [9.17, 15) is 0 Å². The summed E-state index contributed by atoms with van der Waals surface area (Å²) in [4.78, 5) is 30.5. The summed E-state index contributed by atoms with van der Waals surface area (Å²) >= 11 is 0. The van der Waals surface area contributed by atoms with Crippen LogP contribution in [-0.4, -0.2) is 29.9 Å². The number of nitrogens with zero attached hydrogens (tertiary/aromatic N) is 6. The molecule has 0 fully saturated rings. The lowest BCUT2D eigenvalue weighted by atomic mass is 9.91. The average Bonchev–Trinajstić information content (AvgIpc) is 0.782. The SMILES string of the molecule is c1ccc(-c2nc(-c3ccccc3)nc(-c3cc(-c4ccc(-c5cccc6ccccc56)cc4)cc(-c4ccc(-c5cccc6ccccc56)cc4)c3)n2)cc1.c1ccc(-c2nc(-c3ccccc3)nc(-c3cc(-c4cccc(-c5cccc6ccccc56)c4)cc(-c4cccc(-c5cccc6ccccc56)c4)c3)n2)cc1. The summed E-state index contributed by atoms with van der Waals surface area (Å²) in [7, 11) is 0. The molecule has 0 saturated heterocycles. The van der Waals surface area contributed by atoms with Gasteiger partial charge in [-0.2, -0.15) is 0 Å². The van der Waals surface area contributed by atoms with Gasteiger partial charge in [0.15, 0.2) is 34.9 Å². The van der Waals surface area contributed by atoms with Crippen LogP contribution in [-0.2, 0) is 0 Å². The molecule has 112 heavy (non-hydrogen) atoms. The lowest BCUT2D eigenvalue weighted by Crippen LogP contribution is -2.00. The number of rotatable bonds is 14. The van der Waals surface area contributed by atoms with Gasteiger partial charge in [0.05, 0.1) is 0 Å². The Morgan fingerprint density at radius 3 is 0.589 bits per heavy atom. The molecule has 6 nitrogen and oxygen atoms in total. The van der Waals surface area contributed by atoms with Gasteiger partial charge in [0.25, 0.3) is 0 Å². The zero-order chi connectivity index (χ0) is 74.5. The van der Waals surface area contributed by atoms with Gasteiger partial charge < -0.3 is 0 Å². The van der Waals surface area contributed by atoms with E-state index in [2.05, 4.69) is 303 Å². The van der Waals surface area contributed by atoms with Crippen LogP contribution in [0.1, 0.15) is 0 Å². The third kappa shape index (κ3) is 14.0. The van der Waals surface area contributed by atoms with Crippen molar-refractivity contribution in [1.82, 2.24) is 29.9 Å². The first-order chi connectivity index (χ1) is 55.5. The van der Waals surface area contributed by atoms with Gasteiger partial charge in [-0.25, -0.2) is 29.9 Å². The van der Waals surface area contributed by atoms with E-state index in [1.807, 2.05) is 121 Å². The molecule has 20 aromatic rings. The van der Waals surface area contributed by atoms with Crippen molar-refractivity contribution < 1.29 is 0 Å². The van der Waals surface area contributed by atoms with Gasteiger partial charge in [0, 0.05) is 33.4 Å². The van der Waals surface area contributed by atoms with E-state index in [1.54, 1.807) is 0 Å². The van der Waals surface area contributed by atoms with Gasteiger partial charge in [0.1, 0.15) is 0 Å². The first-order valence-corrected chi connectivity index (χ1v) is 37.9. The van der Waals surface area contributed by atoms with Gasteiger partial charge in [-0.1, -0.05) is 376 Å². The highest BCUT2D eigenvalue weighted by molar-refractivity contribution is 6.01. The van der Waals surface area contributed by atoms with Crippen molar-refractivity contribution in [2.75, 3.05) is 0 Å². The van der Waals surface area contributed by atoms with Gasteiger partial charge >= 0.3 is 0 Å². The van der Waals surface area contributed by atoms with E-state index in [0.29, 0.717) is 34.9 Å². The fourth-order valence-electron chi connectivity index (χ4n) is 15.4. The van der Waals surface area contributed by atoms with Crippen LogP contribution in [0.25, 0.3) is 200 Å². The smallest absolute Gasteiger partial charge is 0.164 e. The molecule has 0 aliphatic carbocycles. The van der Waals surface area contributed by atoms with Gasteiger partial charge in [-0.3, -0.25) is 0 Å². The minimum Gasteiger partial charge on any atom is -0.208 e. The molecule has 20 rings (SSSR count). The molecule has 0 bridgehead atoms. The first kappa shape index (κ1) is 67.6. The molecule has 0 aliphatic heterocycles. The molecule has 0 unspecified atom stereocenters. The minimum absolute atomic E-state index is 0.622. The van der Waals surface area contributed by atoms with Crippen LogP contribution in [0.2, 0.25) is 0 Å². The molecule has 524 valence electrons. The molecule has 0 radical (unpaired) electrons. The van der Waals surface area contributed by atoms with Crippen LogP contribution in [0, 0.1) is 0 Å². The Morgan fingerprint density at radius 1 is 0.107 bits per heavy atom. The van der Waals surface area contributed by atoms with Crippen molar-refractivity contribution in [1.29, 1.82) is 0 Å². The van der Waals surface area contributed by atoms with Crippen LogP contribution >= 0.6 is 0 Å². The number of fused-ring (bicyclic) bond motifs is 4. The molecule has 0 atom stereocenters. The van der Waals surface area contributed by atoms with E-state index in [1.165, 1.54) is 87.6 Å². The van der Waals surface area contributed by atoms with Gasteiger partial charge in [-0.05, 0) is 181 Å². The van der Waals surface area contributed by atoms with Crippen molar-refractivity contribution in [2.45, 2.75) is 0 Å². The predicted molar refractivity (Wildman–Crippen MR) is 466 cm³/mol. The van der Waals surface area contributed by atoms with E-state index in [4.69, 9.17) is 29.9 Å². The molecule has 0 amide bonds. The Bertz CT molecular complexity index is 6430. The van der Waals surface area contributed by atoms with E-state index < -0.39 is 0 Å². The third-order valence-electron chi connectivity index (χ3n) is 21.0. The van der Waals surface area contributed by atoms with Crippen LogP contribution in [0.3, 0.4) is 0 Å². The molecule has 2 heterocycles. The van der Waals surface area contributed by atoms with Crippen molar-refractivity contribution in [3.63, 3.8) is 0 Å².